The van der Waals surface area contributed by atoms with Gasteiger partial charge in [-0.15, -0.1) is 0 Å². The van der Waals surface area contributed by atoms with Gasteiger partial charge in [-0.05, 0) is 31.4 Å². The molecule has 1 aromatic carbocycles. The molecule has 2 heterocycles. The molecular weight excluding hydrogens is 310 g/mol. The van der Waals surface area contributed by atoms with Crippen LogP contribution in [0.1, 0.15) is 19.3 Å². The number of nitro groups is 1. The summed E-state index contributed by atoms with van der Waals surface area (Å²) in [6, 6.07) is 7.91. The molecule has 126 valence electrons. The maximum atomic E-state index is 12.5. The summed E-state index contributed by atoms with van der Waals surface area (Å²) in [6.45, 7) is 1.29. The first-order valence-corrected chi connectivity index (χ1v) is 8.03. The van der Waals surface area contributed by atoms with Gasteiger partial charge in [-0.1, -0.05) is 0 Å². The third-order valence-electron chi connectivity index (χ3n) is 4.56. The Hall–Kier alpha value is -2.66. The molecule has 24 heavy (non-hydrogen) atoms. The molecule has 0 radical (unpaired) electrons. The zero-order chi connectivity index (χ0) is 17.1. The van der Waals surface area contributed by atoms with E-state index in [0.717, 1.165) is 18.5 Å². The normalized spacial score (nSPS) is 26.1. The number of amides is 1. The number of anilines is 1. The number of likely N-dealkylation sites (tertiary alicyclic amines) is 1. The Kier molecular flexibility index (Phi) is 4.62. The Bertz CT molecular complexity index is 669. The minimum atomic E-state index is -0.433. The van der Waals surface area contributed by atoms with Crippen LogP contribution in [0, 0.1) is 21.4 Å². The van der Waals surface area contributed by atoms with E-state index < -0.39 is 4.92 Å². The van der Waals surface area contributed by atoms with E-state index >= 15 is 0 Å². The number of nitrogens with one attached hydrogen (secondary N) is 2. The van der Waals surface area contributed by atoms with Crippen molar-refractivity contribution in [3.63, 3.8) is 0 Å². The molecule has 0 spiro atoms. The summed E-state index contributed by atoms with van der Waals surface area (Å²) >= 11 is 0. The van der Waals surface area contributed by atoms with Crippen molar-refractivity contribution in [3.05, 3.63) is 34.4 Å². The second-order valence-corrected chi connectivity index (χ2v) is 6.16. The highest BCUT2D eigenvalue weighted by molar-refractivity contribution is 5.83. The second-order valence-electron chi connectivity index (χ2n) is 6.16. The zero-order valence-corrected chi connectivity index (χ0v) is 13.1. The van der Waals surface area contributed by atoms with Crippen LogP contribution in [-0.2, 0) is 4.79 Å². The van der Waals surface area contributed by atoms with Crippen LogP contribution >= 0.6 is 0 Å². The lowest BCUT2D eigenvalue weighted by Gasteiger charge is -2.23. The van der Waals surface area contributed by atoms with E-state index in [1.807, 2.05) is 0 Å². The molecule has 2 aliphatic heterocycles. The fourth-order valence-corrected chi connectivity index (χ4v) is 3.31. The van der Waals surface area contributed by atoms with E-state index in [1.165, 1.54) is 12.1 Å². The van der Waals surface area contributed by atoms with Gasteiger partial charge in [0.1, 0.15) is 6.04 Å². The predicted molar refractivity (Wildman–Crippen MR) is 87.3 cm³/mol. The molecule has 2 fully saturated rings. The lowest BCUT2D eigenvalue weighted by molar-refractivity contribution is -0.384. The molecule has 0 aromatic heterocycles. The largest absolute Gasteiger partial charge is 0.381 e. The van der Waals surface area contributed by atoms with Gasteiger partial charge in [0.25, 0.3) is 5.69 Å². The van der Waals surface area contributed by atoms with E-state index in [4.69, 9.17) is 5.26 Å². The minimum absolute atomic E-state index is 0.00736. The summed E-state index contributed by atoms with van der Waals surface area (Å²) in [5.74, 6) is -0.00736. The first kappa shape index (κ1) is 16.2. The standard InChI is InChI=1S/C16H19N5O3/c17-9-14-2-1-7-20(14)16(22)15-8-12(10-18-15)19-11-3-5-13(6-4-11)21(23)24/h3-6,12,14-15,18-19H,1-2,7-8,10H2/t12-,14-,15-/m0/s1. The molecule has 3 rings (SSSR count). The quantitative estimate of drug-likeness (QED) is 0.635. The molecule has 0 aliphatic carbocycles. The smallest absolute Gasteiger partial charge is 0.269 e. The van der Waals surface area contributed by atoms with Crippen LogP contribution in [0.5, 0.6) is 0 Å². The summed E-state index contributed by atoms with van der Waals surface area (Å²) in [6.07, 6.45) is 2.26. The van der Waals surface area contributed by atoms with Crippen molar-refractivity contribution in [1.29, 1.82) is 5.26 Å². The van der Waals surface area contributed by atoms with Crippen molar-refractivity contribution >= 4 is 17.3 Å². The molecule has 0 saturated carbocycles. The molecular formula is C16H19N5O3. The van der Waals surface area contributed by atoms with E-state index in [-0.39, 0.29) is 29.7 Å². The van der Waals surface area contributed by atoms with Crippen molar-refractivity contribution in [2.45, 2.75) is 37.4 Å². The van der Waals surface area contributed by atoms with Gasteiger partial charge >= 0.3 is 0 Å². The number of hydrogen-bond acceptors (Lipinski definition) is 6. The van der Waals surface area contributed by atoms with Crippen LogP contribution in [0.4, 0.5) is 11.4 Å². The number of nitriles is 1. The third-order valence-corrected chi connectivity index (χ3v) is 4.56. The van der Waals surface area contributed by atoms with E-state index in [1.54, 1.807) is 17.0 Å². The SMILES string of the molecule is N#C[C@@H]1CCCN1C(=O)[C@@H]1C[C@H](Nc2ccc([N+](=O)[O-])cc2)CN1. The summed E-state index contributed by atoms with van der Waals surface area (Å²) in [7, 11) is 0. The van der Waals surface area contributed by atoms with Crippen molar-refractivity contribution in [2.24, 2.45) is 0 Å². The van der Waals surface area contributed by atoms with Gasteiger partial charge in [0.05, 0.1) is 17.0 Å². The summed E-state index contributed by atoms with van der Waals surface area (Å²) in [4.78, 5) is 24.4. The van der Waals surface area contributed by atoms with E-state index in [0.29, 0.717) is 19.5 Å². The van der Waals surface area contributed by atoms with Crippen LogP contribution in [0.2, 0.25) is 0 Å². The Morgan fingerprint density at radius 2 is 2.17 bits per heavy atom. The van der Waals surface area contributed by atoms with Crippen molar-refractivity contribution in [1.82, 2.24) is 10.2 Å². The number of nitro benzene ring substituents is 1. The van der Waals surface area contributed by atoms with Gasteiger partial charge in [-0.25, -0.2) is 0 Å². The van der Waals surface area contributed by atoms with Crippen LogP contribution < -0.4 is 10.6 Å². The second kappa shape index (κ2) is 6.84. The highest BCUT2D eigenvalue weighted by atomic mass is 16.6. The maximum Gasteiger partial charge on any atom is 0.269 e. The molecule has 1 amide bonds. The van der Waals surface area contributed by atoms with Crippen molar-refractivity contribution in [3.8, 4) is 6.07 Å². The maximum absolute atomic E-state index is 12.5. The van der Waals surface area contributed by atoms with Crippen molar-refractivity contribution < 1.29 is 9.72 Å². The molecule has 0 unspecified atom stereocenters. The third kappa shape index (κ3) is 3.31. The zero-order valence-electron chi connectivity index (χ0n) is 13.1. The fraction of sp³-hybridized carbons (Fsp3) is 0.500. The number of rotatable bonds is 4. The fourth-order valence-electron chi connectivity index (χ4n) is 3.31. The Morgan fingerprint density at radius 3 is 2.83 bits per heavy atom. The van der Waals surface area contributed by atoms with E-state index in [2.05, 4.69) is 16.7 Å². The van der Waals surface area contributed by atoms with Gasteiger partial charge in [-0.3, -0.25) is 14.9 Å². The number of non-ortho nitro benzene ring substituents is 1. The molecule has 8 heteroatoms. The molecule has 2 N–H and O–H groups in total. The molecule has 2 aliphatic rings. The van der Waals surface area contributed by atoms with Gasteiger partial charge in [-0.2, -0.15) is 5.26 Å². The molecule has 1 aromatic rings. The molecule has 2 saturated heterocycles. The Balaban J connectivity index is 1.56. The number of hydrogen-bond donors (Lipinski definition) is 2. The minimum Gasteiger partial charge on any atom is -0.381 e. The first-order valence-electron chi connectivity index (χ1n) is 8.03. The number of nitrogens with zero attached hydrogens (tertiary/aromatic N) is 3. The van der Waals surface area contributed by atoms with Gasteiger partial charge in [0, 0.05) is 37.0 Å². The summed E-state index contributed by atoms with van der Waals surface area (Å²) < 4.78 is 0. The summed E-state index contributed by atoms with van der Waals surface area (Å²) in [5.41, 5.74) is 0.839. The summed E-state index contributed by atoms with van der Waals surface area (Å²) in [5, 5.41) is 26.3. The van der Waals surface area contributed by atoms with Crippen LogP contribution in [-0.4, -0.2) is 46.9 Å². The predicted octanol–water partition coefficient (Wildman–Crippen LogP) is 1.25. The number of carbonyl (C=O) groups is 1. The van der Waals surface area contributed by atoms with Gasteiger partial charge in [0.2, 0.25) is 5.91 Å². The monoisotopic (exact) mass is 329 g/mol. The number of carbonyl (C=O) groups excluding carboxylic acids is 1. The highest BCUT2D eigenvalue weighted by Gasteiger charge is 2.36. The first-order chi connectivity index (χ1) is 11.6. The lowest BCUT2D eigenvalue weighted by atomic mass is 10.1. The van der Waals surface area contributed by atoms with Gasteiger partial charge < -0.3 is 15.5 Å². The lowest BCUT2D eigenvalue weighted by Crippen LogP contribution is -2.45. The van der Waals surface area contributed by atoms with Crippen molar-refractivity contribution in [2.75, 3.05) is 18.4 Å². The Labute approximate surface area is 139 Å². The number of benzene rings is 1. The van der Waals surface area contributed by atoms with Crippen LogP contribution in [0.25, 0.3) is 0 Å². The average molecular weight is 329 g/mol. The van der Waals surface area contributed by atoms with Crippen LogP contribution in [0.3, 0.4) is 0 Å². The molecule has 3 atom stereocenters. The average Bonchev–Trinajstić information content (AvgIpc) is 3.23. The molecule has 8 nitrogen and oxygen atoms in total. The molecule has 0 bridgehead atoms. The topological polar surface area (TPSA) is 111 Å². The Morgan fingerprint density at radius 1 is 1.42 bits per heavy atom. The van der Waals surface area contributed by atoms with E-state index in [9.17, 15) is 14.9 Å². The van der Waals surface area contributed by atoms with Gasteiger partial charge in [0.15, 0.2) is 0 Å². The highest BCUT2D eigenvalue weighted by Crippen LogP contribution is 2.22. The van der Waals surface area contributed by atoms with Crippen LogP contribution in [0.15, 0.2) is 24.3 Å².